The highest BCUT2D eigenvalue weighted by atomic mass is 16.2. The number of primary amides is 1. The molecule has 0 saturated carbocycles. The van der Waals surface area contributed by atoms with E-state index in [1.165, 1.54) is 4.57 Å². The lowest BCUT2D eigenvalue weighted by molar-refractivity contribution is -0.137. The van der Waals surface area contributed by atoms with Gasteiger partial charge in [-0.3, -0.25) is 14.8 Å². The van der Waals surface area contributed by atoms with Crippen LogP contribution in [0.3, 0.4) is 0 Å². The predicted molar refractivity (Wildman–Crippen MR) is 148 cm³/mol. The molecule has 0 fully saturated rings. The highest BCUT2D eigenvalue weighted by Gasteiger charge is 2.28. The van der Waals surface area contributed by atoms with Gasteiger partial charge in [-0.15, -0.1) is 0 Å². The molecule has 0 aliphatic carbocycles. The Morgan fingerprint density at radius 1 is 0.919 bits per heavy atom. The number of para-hydroxylation sites is 1. The van der Waals surface area contributed by atoms with E-state index in [4.69, 9.17) is 5.73 Å². The molecule has 37 heavy (non-hydrogen) atoms. The molecule has 1 aromatic heterocycles. The Hall–Kier alpha value is -3.94. The van der Waals surface area contributed by atoms with Gasteiger partial charge in [-0.2, -0.15) is 0 Å². The minimum absolute atomic E-state index is 0.0624. The van der Waals surface area contributed by atoms with E-state index in [0.29, 0.717) is 32.5 Å². The Bertz CT molecular complexity index is 1320. The van der Waals surface area contributed by atoms with Gasteiger partial charge in [0.1, 0.15) is 6.04 Å². The first-order chi connectivity index (χ1) is 18.0. The van der Waals surface area contributed by atoms with Crippen molar-refractivity contribution in [1.29, 1.82) is 0 Å². The van der Waals surface area contributed by atoms with Gasteiger partial charge in [-0.1, -0.05) is 85.8 Å². The van der Waals surface area contributed by atoms with Crippen LogP contribution in [0.1, 0.15) is 23.6 Å². The Kier molecular flexibility index (Phi) is 8.72. The van der Waals surface area contributed by atoms with Crippen LogP contribution in [0, 0.1) is 0 Å². The maximum absolute atomic E-state index is 13.7. The molecule has 1 atom stereocenters. The van der Waals surface area contributed by atoms with E-state index in [1.54, 1.807) is 4.90 Å². The van der Waals surface area contributed by atoms with E-state index < -0.39 is 6.03 Å². The molecule has 4 aromatic rings. The van der Waals surface area contributed by atoms with E-state index in [1.807, 2.05) is 91.0 Å². The van der Waals surface area contributed by atoms with Gasteiger partial charge < -0.3 is 10.6 Å². The lowest BCUT2D eigenvalue weighted by Gasteiger charge is -2.33. The normalized spacial score (nSPS) is 12.1. The average Bonchev–Trinajstić information content (AvgIpc) is 3.30. The van der Waals surface area contributed by atoms with Gasteiger partial charge in [0.25, 0.3) is 0 Å². The van der Waals surface area contributed by atoms with Crippen LogP contribution in [0.2, 0.25) is 0 Å². The topological polar surface area (TPSA) is 83.6 Å². The molecule has 0 unspecified atom stereocenters. The standard InChI is InChI=1S/C30H35N5O2/c1-3-35(32-19-18-25-22-34(30(31)37)27-17-11-10-16-26(25)27)28(20-23-12-6-4-7-13-23)29(36)33(2)21-24-14-8-5-9-15-24/h4-17,22,28,32H,3,18-21H2,1-2H3,(H2,31,37)/t28-/m0/s1. The van der Waals surface area contributed by atoms with Gasteiger partial charge in [0.2, 0.25) is 5.91 Å². The summed E-state index contributed by atoms with van der Waals surface area (Å²) in [6, 6.07) is 27.0. The Balaban J connectivity index is 1.50. The Morgan fingerprint density at radius 3 is 2.19 bits per heavy atom. The molecule has 1 heterocycles. The number of benzene rings is 3. The Morgan fingerprint density at radius 2 is 1.54 bits per heavy atom. The monoisotopic (exact) mass is 497 g/mol. The number of carbonyl (C=O) groups is 2. The number of likely N-dealkylation sites (N-methyl/N-ethyl adjacent to an activating group) is 2. The maximum Gasteiger partial charge on any atom is 0.323 e. The molecule has 0 bridgehead atoms. The smallest absolute Gasteiger partial charge is 0.323 e. The first kappa shape index (κ1) is 26.1. The fraction of sp³-hybridized carbons (Fsp3) is 0.267. The number of hydrogen-bond donors (Lipinski definition) is 2. The molecule has 0 spiro atoms. The summed E-state index contributed by atoms with van der Waals surface area (Å²) in [6.45, 7) is 3.87. The maximum atomic E-state index is 13.7. The fourth-order valence-corrected chi connectivity index (χ4v) is 4.77. The van der Waals surface area contributed by atoms with Gasteiger partial charge in [-0.05, 0) is 35.6 Å². The molecule has 3 N–H and O–H groups in total. The second-order valence-electron chi connectivity index (χ2n) is 9.21. The van der Waals surface area contributed by atoms with Crippen LogP contribution < -0.4 is 11.2 Å². The number of carbonyl (C=O) groups excluding carboxylic acids is 2. The molecule has 0 aliphatic heterocycles. The first-order valence-corrected chi connectivity index (χ1v) is 12.7. The lowest BCUT2D eigenvalue weighted by Crippen LogP contribution is -2.54. The summed E-state index contributed by atoms with van der Waals surface area (Å²) in [5, 5.41) is 3.04. The molecule has 2 amide bonds. The van der Waals surface area contributed by atoms with Crippen molar-refractivity contribution in [3.63, 3.8) is 0 Å². The summed E-state index contributed by atoms with van der Waals surface area (Å²) in [4.78, 5) is 27.4. The number of nitrogens with one attached hydrogen (secondary N) is 1. The van der Waals surface area contributed by atoms with Crippen LogP contribution in [0.15, 0.2) is 91.1 Å². The van der Waals surface area contributed by atoms with Crippen molar-refractivity contribution in [3.05, 3.63) is 108 Å². The lowest BCUT2D eigenvalue weighted by atomic mass is 10.0. The van der Waals surface area contributed by atoms with Gasteiger partial charge in [0, 0.05) is 38.3 Å². The quantitative estimate of drug-likeness (QED) is 0.304. The largest absolute Gasteiger partial charge is 0.351 e. The van der Waals surface area contributed by atoms with Crippen LogP contribution in [0.25, 0.3) is 10.9 Å². The first-order valence-electron chi connectivity index (χ1n) is 12.7. The number of fused-ring (bicyclic) bond motifs is 1. The second-order valence-corrected chi connectivity index (χ2v) is 9.21. The Labute approximate surface area is 218 Å². The summed E-state index contributed by atoms with van der Waals surface area (Å²) in [5.74, 6) is 0.0624. The highest BCUT2D eigenvalue weighted by molar-refractivity contribution is 5.93. The van der Waals surface area contributed by atoms with Crippen molar-refractivity contribution in [2.45, 2.75) is 32.4 Å². The number of nitrogens with zero attached hydrogens (tertiary/aromatic N) is 3. The number of hydrogen-bond acceptors (Lipinski definition) is 4. The molecule has 0 aliphatic rings. The van der Waals surface area contributed by atoms with E-state index in [0.717, 1.165) is 27.6 Å². The van der Waals surface area contributed by atoms with Gasteiger partial charge in [0.15, 0.2) is 0 Å². The third kappa shape index (κ3) is 6.44. The van der Waals surface area contributed by atoms with Crippen molar-refractivity contribution in [1.82, 2.24) is 19.9 Å². The van der Waals surface area contributed by atoms with Crippen LogP contribution >= 0.6 is 0 Å². The molecule has 7 nitrogen and oxygen atoms in total. The summed E-state index contributed by atoms with van der Waals surface area (Å²) >= 11 is 0. The zero-order chi connectivity index (χ0) is 26.2. The summed E-state index contributed by atoms with van der Waals surface area (Å²) < 4.78 is 1.49. The molecular weight excluding hydrogens is 462 g/mol. The minimum Gasteiger partial charge on any atom is -0.351 e. The van der Waals surface area contributed by atoms with Crippen LogP contribution in [-0.4, -0.2) is 52.6 Å². The van der Waals surface area contributed by atoms with Gasteiger partial charge in [0.05, 0.1) is 5.52 Å². The van der Waals surface area contributed by atoms with Crippen molar-refractivity contribution < 1.29 is 9.59 Å². The number of hydrazine groups is 1. The van der Waals surface area contributed by atoms with E-state index in [2.05, 4.69) is 24.5 Å². The number of rotatable bonds is 11. The van der Waals surface area contributed by atoms with Crippen LogP contribution in [-0.2, 0) is 24.2 Å². The fourth-order valence-electron chi connectivity index (χ4n) is 4.77. The number of aromatic nitrogens is 1. The molecule has 7 heteroatoms. The average molecular weight is 498 g/mol. The molecule has 192 valence electrons. The van der Waals surface area contributed by atoms with E-state index in [-0.39, 0.29) is 11.9 Å². The zero-order valence-electron chi connectivity index (χ0n) is 21.5. The summed E-state index contributed by atoms with van der Waals surface area (Å²) in [5.41, 5.74) is 13.1. The SMILES string of the molecule is CCN(NCCc1cn(C(N)=O)c2ccccc12)[C@@H](Cc1ccccc1)C(=O)N(C)Cc1ccccc1. The second kappa shape index (κ2) is 12.3. The molecule has 4 rings (SSSR count). The van der Waals surface area contributed by atoms with Crippen molar-refractivity contribution >= 4 is 22.8 Å². The van der Waals surface area contributed by atoms with E-state index >= 15 is 0 Å². The predicted octanol–water partition coefficient (Wildman–Crippen LogP) is 4.21. The number of amides is 2. The van der Waals surface area contributed by atoms with Crippen LogP contribution in [0.5, 0.6) is 0 Å². The van der Waals surface area contributed by atoms with Crippen molar-refractivity contribution in [2.24, 2.45) is 5.73 Å². The van der Waals surface area contributed by atoms with Crippen LogP contribution in [0.4, 0.5) is 4.79 Å². The zero-order valence-corrected chi connectivity index (χ0v) is 21.5. The third-order valence-electron chi connectivity index (χ3n) is 6.65. The van der Waals surface area contributed by atoms with Gasteiger partial charge in [-0.25, -0.2) is 9.80 Å². The van der Waals surface area contributed by atoms with Gasteiger partial charge >= 0.3 is 6.03 Å². The molecule has 0 radical (unpaired) electrons. The molecule has 3 aromatic carbocycles. The third-order valence-corrected chi connectivity index (χ3v) is 6.65. The highest BCUT2D eigenvalue weighted by Crippen LogP contribution is 2.21. The van der Waals surface area contributed by atoms with E-state index in [9.17, 15) is 9.59 Å². The number of nitrogens with two attached hydrogens (primary N) is 1. The van der Waals surface area contributed by atoms with Crippen molar-refractivity contribution in [3.8, 4) is 0 Å². The summed E-state index contributed by atoms with van der Waals surface area (Å²) in [7, 11) is 1.86. The molecular formula is C30H35N5O2. The minimum atomic E-state index is -0.499. The summed E-state index contributed by atoms with van der Waals surface area (Å²) in [6.07, 6.45) is 3.09. The van der Waals surface area contributed by atoms with Crippen molar-refractivity contribution in [2.75, 3.05) is 20.1 Å². The molecule has 0 saturated heterocycles.